The van der Waals surface area contributed by atoms with Crippen molar-refractivity contribution in [2.75, 3.05) is 11.4 Å². The molecule has 156 valence electrons. The number of nitriles is 1. The first-order chi connectivity index (χ1) is 15.6. The molecule has 0 spiro atoms. The van der Waals surface area contributed by atoms with Gasteiger partial charge in [0.25, 0.3) is 5.91 Å². The number of urea groups is 1. The fraction of sp³-hybridized carbons (Fsp3) is 0.120. The summed E-state index contributed by atoms with van der Waals surface area (Å²) in [5.41, 5.74) is 3.09. The van der Waals surface area contributed by atoms with Gasteiger partial charge in [-0.3, -0.25) is 14.6 Å². The summed E-state index contributed by atoms with van der Waals surface area (Å²) in [6.07, 6.45) is 3.35. The summed E-state index contributed by atoms with van der Waals surface area (Å²) in [5.74, 6) is -0.242. The number of nitrogens with zero attached hydrogens (tertiary/aromatic N) is 5. The molecular formula is C25H19N5O2. The molecule has 1 aliphatic rings. The Balaban J connectivity index is 1.38. The number of carbonyl (C=O) groups is 2. The van der Waals surface area contributed by atoms with Crippen molar-refractivity contribution in [3.05, 3.63) is 96.1 Å². The van der Waals surface area contributed by atoms with Crippen LogP contribution in [0.4, 0.5) is 10.5 Å². The van der Waals surface area contributed by atoms with Crippen LogP contribution < -0.4 is 4.90 Å². The Kier molecular flexibility index (Phi) is 4.88. The van der Waals surface area contributed by atoms with Crippen molar-refractivity contribution in [1.29, 1.82) is 5.26 Å². The van der Waals surface area contributed by atoms with Crippen LogP contribution in [-0.4, -0.2) is 32.9 Å². The van der Waals surface area contributed by atoms with E-state index in [2.05, 4.69) is 11.1 Å². The van der Waals surface area contributed by atoms with Gasteiger partial charge >= 0.3 is 6.03 Å². The van der Waals surface area contributed by atoms with Gasteiger partial charge in [0.1, 0.15) is 6.54 Å². The smallest absolute Gasteiger partial charge is 0.328 e. The lowest BCUT2D eigenvalue weighted by Crippen LogP contribution is -2.33. The van der Waals surface area contributed by atoms with Crippen molar-refractivity contribution in [3.8, 4) is 6.07 Å². The van der Waals surface area contributed by atoms with Gasteiger partial charge in [0, 0.05) is 18.1 Å². The molecule has 0 unspecified atom stereocenters. The van der Waals surface area contributed by atoms with Gasteiger partial charge in [0.2, 0.25) is 0 Å². The number of anilines is 1. The van der Waals surface area contributed by atoms with Crippen LogP contribution in [0.2, 0.25) is 0 Å². The van der Waals surface area contributed by atoms with E-state index in [-0.39, 0.29) is 25.0 Å². The lowest BCUT2D eigenvalue weighted by molar-refractivity contribution is -0.125. The molecule has 4 aromatic rings. The van der Waals surface area contributed by atoms with Crippen molar-refractivity contribution in [3.63, 3.8) is 0 Å². The lowest BCUT2D eigenvalue weighted by Gasteiger charge is -2.19. The second-order valence-electron chi connectivity index (χ2n) is 7.67. The Morgan fingerprint density at radius 3 is 2.53 bits per heavy atom. The number of benzene rings is 3. The Bertz CT molecular complexity index is 1360. The Hall–Kier alpha value is -4.44. The van der Waals surface area contributed by atoms with Crippen LogP contribution in [0.25, 0.3) is 10.8 Å². The number of fused-ring (bicyclic) bond motifs is 1. The molecule has 0 saturated carbocycles. The number of rotatable bonds is 5. The van der Waals surface area contributed by atoms with E-state index in [0.29, 0.717) is 12.1 Å². The van der Waals surface area contributed by atoms with E-state index >= 15 is 0 Å². The van der Waals surface area contributed by atoms with Crippen LogP contribution in [-0.2, 0) is 17.9 Å². The molecule has 32 heavy (non-hydrogen) atoms. The molecule has 3 amide bonds. The number of amides is 3. The fourth-order valence-corrected chi connectivity index (χ4v) is 3.99. The van der Waals surface area contributed by atoms with Gasteiger partial charge in [-0.1, -0.05) is 48.5 Å². The third kappa shape index (κ3) is 3.48. The average Bonchev–Trinajstić information content (AvgIpc) is 3.38. The summed E-state index contributed by atoms with van der Waals surface area (Å²) in [4.78, 5) is 33.0. The molecule has 7 heteroatoms. The maximum atomic E-state index is 13.2. The summed E-state index contributed by atoms with van der Waals surface area (Å²) >= 11 is 0. The van der Waals surface area contributed by atoms with E-state index in [4.69, 9.17) is 5.26 Å². The first-order valence-corrected chi connectivity index (χ1v) is 10.2. The van der Waals surface area contributed by atoms with Gasteiger partial charge in [-0.25, -0.2) is 9.78 Å². The standard InChI is InChI=1S/C25H19N5O2/c26-12-18-8-10-19(11-9-18)14-28-17-27-13-21(28)15-30-24(31)16-29(25(30)32)23-7-3-5-20-4-1-2-6-22(20)23/h1-11,13,17H,14-16H2. The zero-order chi connectivity index (χ0) is 22.1. The average molecular weight is 421 g/mol. The highest BCUT2D eigenvalue weighted by molar-refractivity contribution is 6.15. The Labute approximate surface area is 184 Å². The van der Waals surface area contributed by atoms with Gasteiger partial charge in [-0.2, -0.15) is 5.26 Å². The van der Waals surface area contributed by atoms with E-state index in [1.165, 1.54) is 9.80 Å². The van der Waals surface area contributed by atoms with E-state index in [0.717, 1.165) is 27.7 Å². The first kappa shape index (κ1) is 19.5. The molecule has 3 aromatic carbocycles. The van der Waals surface area contributed by atoms with Crippen molar-refractivity contribution < 1.29 is 9.59 Å². The minimum absolute atomic E-state index is 0.0105. The van der Waals surface area contributed by atoms with Crippen LogP contribution in [0.15, 0.2) is 79.3 Å². The summed E-state index contributed by atoms with van der Waals surface area (Å²) in [5, 5.41) is 10.9. The molecule has 1 aliphatic heterocycles. The largest absolute Gasteiger partial charge is 0.332 e. The van der Waals surface area contributed by atoms with Crippen LogP contribution >= 0.6 is 0 Å². The topological polar surface area (TPSA) is 82.2 Å². The quantitative estimate of drug-likeness (QED) is 0.457. The SMILES string of the molecule is N#Cc1ccc(Cn2cncc2CN2C(=O)CN(c3cccc4ccccc34)C2=O)cc1. The highest BCUT2D eigenvalue weighted by atomic mass is 16.2. The molecule has 1 aromatic heterocycles. The van der Waals surface area contributed by atoms with Gasteiger partial charge in [0.05, 0.1) is 35.9 Å². The highest BCUT2D eigenvalue weighted by Gasteiger charge is 2.37. The van der Waals surface area contributed by atoms with E-state index in [1.54, 1.807) is 24.7 Å². The molecule has 1 saturated heterocycles. The van der Waals surface area contributed by atoms with Crippen molar-refractivity contribution in [2.24, 2.45) is 0 Å². The highest BCUT2D eigenvalue weighted by Crippen LogP contribution is 2.30. The minimum Gasteiger partial charge on any atom is -0.328 e. The maximum absolute atomic E-state index is 13.2. The van der Waals surface area contributed by atoms with Crippen LogP contribution in [0.3, 0.4) is 0 Å². The van der Waals surface area contributed by atoms with Crippen LogP contribution in [0.1, 0.15) is 16.8 Å². The number of imide groups is 1. The summed E-state index contributed by atoms with van der Waals surface area (Å²) in [6.45, 7) is 0.691. The molecule has 0 atom stereocenters. The van der Waals surface area contributed by atoms with Gasteiger partial charge < -0.3 is 4.57 Å². The summed E-state index contributed by atoms with van der Waals surface area (Å²) in [7, 11) is 0. The molecule has 0 bridgehead atoms. The van der Waals surface area contributed by atoms with Crippen molar-refractivity contribution >= 4 is 28.4 Å². The molecule has 0 radical (unpaired) electrons. The van der Waals surface area contributed by atoms with Crippen molar-refractivity contribution in [2.45, 2.75) is 13.1 Å². The van der Waals surface area contributed by atoms with Gasteiger partial charge in [-0.05, 0) is 29.1 Å². The third-order valence-electron chi connectivity index (χ3n) is 5.67. The first-order valence-electron chi connectivity index (χ1n) is 10.2. The number of imidazole rings is 1. The second kappa shape index (κ2) is 8.00. The molecule has 2 heterocycles. The monoisotopic (exact) mass is 421 g/mol. The number of hydrogen-bond donors (Lipinski definition) is 0. The Morgan fingerprint density at radius 1 is 0.938 bits per heavy atom. The molecule has 0 aliphatic carbocycles. The van der Waals surface area contributed by atoms with Crippen LogP contribution in [0.5, 0.6) is 0 Å². The van der Waals surface area contributed by atoms with Crippen LogP contribution in [0, 0.1) is 11.3 Å². The summed E-state index contributed by atoms with van der Waals surface area (Å²) in [6, 6.07) is 22.6. The molecule has 5 rings (SSSR count). The second-order valence-corrected chi connectivity index (χ2v) is 7.67. The zero-order valence-electron chi connectivity index (χ0n) is 17.2. The molecule has 1 fully saturated rings. The lowest BCUT2D eigenvalue weighted by atomic mass is 10.1. The van der Waals surface area contributed by atoms with E-state index < -0.39 is 0 Å². The third-order valence-corrected chi connectivity index (χ3v) is 5.67. The number of aromatic nitrogens is 2. The van der Waals surface area contributed by atoms with Gasteiger partial charge in [0.15, 0.2) is 0 Å². The summed E-state index contributed by atoms with van der Waals surface area (Å²) < 4.78 is 1.91. The predicted molar refractivity (Wildman–Crippen MR) is 120 cm³/mol. The fourth-order valence-electron chi connectivity index (χ4n) is 3.99. The molecule has 7 nitrogen and oxygen atoms in total. The van der Waals surface area contributed by atoms with Gasteiger partial charge in [-0.15, -0.1) is 0 Å². The zero-order valence-corrected chi connectivity index (χ0v) is 17.2. The number of carbonyl (C=O) groups excluding carboxylic acids is 2. The molecular weight excluding hydrogens is 402 g/mol. The maximum Gasteiger partial charge on any atom is 0.332 e. The minimum atomic E-state index is -0.336. The van der Waals surface area contributed by atoms with E-state index in [1.807, 2.05) is 59.2 Å². The van der Waals surface area contributed by atoms with E-state index in [9.17, 15) is 9.59 Å². The molecule has 0 N–H and O–H groups in total. The van der Waals surface area contributed by atoms with Crippen molar-refractivity contribution in [1.82, 2.24) is 14.5 Å². The predicted octanol–water partition coefficient (Wildman–Crippen LogP) is 3.93. The normalized spacial score (nSPS) is 13.7. The number of hydrogen-bond acceptors (Lipinski definition) is 4. The Morgan fingerprint density at radius 2 is 1.72 bits per heavy atom.